The lowest BCUT2D eigenvalue weighted by molar-refractivity contribution is -0.142. The Bertz CT molecular complexity index is 1180. The SMILES string of the molecule is C=C1CCC[C@]2(C)C[C@H]3OC(=O)/C(=C\c4cn(CCCCCCC)c(=O)n(CCCCCCC)c4=O)[C@H]3C[C@@H]12. The molecule has 0 aromatic carbocycles. The molecule has 39 heavy (non-hydrogen) atoms. The van der Waals surface area contributed by atoms with E-state index in [0.717, 1.165) is 77.0 Å². The molecule has 1 saturated heterocycles. The first-order chi connectivity index (χ1) is 18.8. The molecule has 0 bridgehead atoms. The molecule has 2 aliphatic carbocycles. The predicted octanol–water partition coefficient (Wildman–Crippen LogP) is 7.03. The van der Waals surface area contributed by atoms with Gasteiger partial charge in [-0.1, -0.05) is 84.3 Å². The third-order valence-electron chi connectivity index (χ3n) is 9.64. The van der Waals surface area contributed by atoms with Crippen LogP contribution in [0, 0.1) is 17.3 Å². The fourth-order valence-corrected chi connectivity index (χ4v) is 7.30. The van der Waals surface area contributed by atoms with Crippen LogP contribution in [0.2, 0.25) is 0 Å². The molecule has 1 aromatic rings. The van der Waals surface area contributed by atoms with Crippen LogP contribution in [0.5, 0.6) is 0 Å². The van der Waals surface area contributed by atoms with Crippen molar-refractivity contribution in [2.75, 3.05) is 0 Å². The van der Waals surface area contributed by atoms with Gasteiger partial charge in [0.1, 0.15) is 6.10 Å². The number of carbonyl (C=O) groups excluding carboxylic acids is 1. The Balaban J connectivity index is 1.62. The highest BCUT2D eigenvalue weighted by atomic mass is 16.6. The number of fused-ring (bicyclic) bond motifs is 2. The van der Waals surface area contributed by atoms with E-state index in [1.54, 1.807) is 16.8 Å². The number of allylic oxidation sites excluding steroid dienone is 1. The van der Waals surface area contributed by atoms with Crippen molar-refractivity contribution in [3.05, 3.63) is 50.3 Å². The van der Waals surface area contributed by atoms with Gasteiger partial charge in [0.25, 0.3) is 5.56 Å². The van der Waals surface area contributed by atoms with Crippen LogP contribution < -0.4 is 11.2 Å². The van der Waals surface area contributed by atoms with Crippen molar-refractivity contribution < 1.29 is 9.53 Å². The van der Waals surface area contributed by atoms with Crippen LogP contribution >= 0.6 is 0 Å². The van der Waals surface area contributed by atoms with Gasteiger partial charge in [0.05, 0.1) is 5.56 Å². The summed E-state index contributed by atoms with van der Waals surface area (Å²) in [6.45, 7) is 12.1. The van der Waals surface area contributed by atoms with E-state index in [-0.39, 0.29) is 34.7 Å². The van der Waals surface area contributed by atoms with Gasteiger partial charge < -0.3 is 4.74 Å². The smallest absolute Gasteiger partial charge is 0.334 e. The monoisotopic (exact) mass is 538 g/mol. The van der Waals surface area contributed by atoms with Crippen LogP contribution in [0.3, 0.4) is 0 Å². The lowest BCUT2D eigenvalue weighted by Gasteiger charge is -2.49. The van der Waals surface area contributed by atoms with Gasteiger partial charge in [0.15, 0.2) is 0 Å². The summed E-state index contributed by atoms with van der Waals surface area (Å²) in [5.41, 5.74) is 1.93. The molecule has 2 heterocycles. The highest BCUT2D eigenvalue weighted by Gasteiger charge is 2.53. The topological polar surface area (TPSA) is 70.3 Å². The highest BCUT2D eigenvalue weighted by molar-refractivity contribution is 5.96. The van der Waals surface area contributed by atoms with Gasteiger partial charge in [-0.05, 0) is 62.4 Å². The van der Waals surface area contributed by atoms with Crippen LogP contribution in [0.4, 0.5) is 0 Å². The zero-order valence-electron chi connectivity index (χ0n) is 24.6. The molecule has 0 amide bonds. The Labute approximate surface area is 234 Å². The maximum atomic E-state index is 13.6. The summed E-state index contributed by atoms with van der Waals surface area (Å²) in [5, 5.41) is 0. The number of ether oxygens (including phenoxy) is 1. The van der Waals surface area contributed by atoms with Crippen LogP contribution in [0.1, 0.15) is 123 Å². The average Bonchev–Trinajstić information content (AvgIpc) is 3.19. The van der Waals surface area contributed by atoms with Gasteiger partial charge in [-0.3, -0.25) is 13.9 Å². The van der Waals surface area contributed by atoms with E-state index in [0.29, 0.717) is 30.1 Å². The molecule has 2 saturated carbocycles. The van der Waals surface area contributed by atoms with Crippen molar-refractivity contribution in [3.63, 3.8) is 0 Å². The summed E-state index contributed by atoms with van der Waals surface area (Å²) in [5.74, 6) is 0.0460. The van der Waals surface area contributed by atoms with Crippen molar-refractivity contribution in [2.45, 2.75) is 136 Å². The fraction of sp³-hybridized carbons (Fsp3) is 0.727. The van der Waals surface area contributed by atoms with Crippen LogP contribution in [0.25, 0.3) is 6.08 Å². The number of aromatic nitrogens is 2. The number of unbranched alkanes of at least 4 members (excludes halogenated alkanes) is 8. The molecule has 1 aliphatic heterocycles. The normalized spacial score (nSPS) is 27.5. The quantitative estimate of drug-likeness (QED) is 0.117. The minimum absolute atomic E-state index is 0.0262. The molecule has 0 N–H and O–H groups in total. The molecule has 3 aliphatic rings. The Morgan fingerprint density at radius 2 is 1.67 bits per heavy atom. The molecule has 0 radical (unpaired) electrons. The van der Waals surface area contributed by atoms with E-state index in [2.05, 4.69) is 27.4 Å². The number of esters is 1. The zero-order chi connectivity index (χ0) is 28.0. The van der Waals surface area contributed by atoms with E-state index in [9.17, 15) is 14.4 Å². The second-order valence-electron chi connectivity index (χ2n) is 12.7. The van der Waals surface area contributed by atoms with Crippen molar-refractivity contribution in [2.24, 2.45) is 17.3 Å². The molecule has 3 fully saturated rings. The van der Waals surface area contributed by atoms with E-state index in [4.69, 9.17) is 4.74 Å². The fourth-order valence-electron chi connectivity index (χ4n) is 7.30. The molecule has 4 atom stereocenters. The van der Waals surface area contributed by atoms with Crippen LogP contribution in [-0.4, -0.2) is 21.2 Å². The van der Waals surface area contributed by atoms with Crippen molar-refractivity contribution in [1.82, 2.24) is 9.13 Å². The Morgan fingerprint density at radius 1 is 1.00 bits per heavy atom. The Hall–Kier alpha value is -2.37. The molecular weight excluding hydrogens is 488 g/mol. The molecule has 216 valence electrons. The minimum Gasteiger partial charge on any atom is -0.458 e. The lowest BCUT2D eigenvalue weighted by Crippen LogP contribution is -2.43. The largest absolute Gasteiger partial charge is 0.458 e. The first kappa shape index (κ1) is 29.6. The van der Waals surface area contributed by atoms with Crippen LogP contribution in [0.15, 0.2) is 33.5 Å². The summed E-state index contributed by atoms with van der Waals surface area (Å²) in [6, 6.07) is 0. The highest BCUT2D eigenvalue weighted by Crippen LogP contribution is 2.56. The number of carbonyl (C=O) groups is 1. The summed E-state index contributed by atoms with van der Waals surface area (Å²) >= 11 is 0. The van der Waals surface area contributed by atoms with E-state index in [1.807, 2.05) is 0 Å². The van der Waals surface area contributed by atoms with Crippen LogP contribution in [-0.2, 0) is 22.6 Å². The Morgan fingerprint density at radius 3 is 2.36 bits per heavy atom. The van der Waals surface area contributed by atoms with E-state index in [1.165, 1.54) is 29.4 Å². The zero-order valence-corrected chi connectivity index (χ0v) is 24.6. The summed E-state index contributed by atoms with van der Waals surface area (Å²) in [6.07, 6.45) is 19.1. The Kier molecular flexibility index (Phi) is 10.1. The standard InChI is InChI=1S/C33H50N2O4/c1-5-7-9-11-13-18-34-23-25(30(36)35(32(34)38)19-14-12-10-8-6-2)20-27-26-21-28-24(3)16-15-17-33(28,4)22-29(26)39-31(27)37/h20,23,26,28-29H,3,5-19,21-22H2,1-2,4H3/b27-20-/t26-,28+,29-,33-/m1/s1. The molecule has 4 rings (SSSR count). The predicted molar refractivity (Wildman–Crippen MR) is 158 cm³/mol. The third kappa shape index (κ3) is 6.69. The van der Waals surface area contributed by atoms with Crippen molar-refractivity contribution in [1.29, 1.82) is 0 Å². The van der Waals surface area contributed by atoms with Crippen molar-refractivity contribution in [3.8, 4) is 0 Å². The molecule has 1 aromatic heterocycles. The average molecular weight is 539 g/mol. The second-order valence-corrected chi connectivity index (χ2v) is 12.7. The lowest BCUT2D eigenvalue weighted by atomic mass is 9.56. The van der Waals surface area contributed by atoms with E-state index < -0.39 is 0 Å². The number of rotatable bonds is 13. The van der Waals surface area contributed by atoms with Gasteiger partial charge in [-0.25, -0.2) is 9.59 Å². The number of hydrogen-bond donors (Lipinski definition) is 0. The maximum Gasteiger partial charge on any atom is 0.334 e. The number of aryl methyl sites for hydroxylation is 1. The molecular formula is C33H50N2O4. The van der Waals surface area contributed by atoms with Gasteiger partial charge in [-0.15, -0.1) is 0 Å². The second kappa shape index (κ2) is 13.3. The maximum absolute atomic E-state index is 13.6. The minimum atomic E-state index is -0.305. The molecule has 0 spiro atoms. The van der Waals surface area contributed by atoms with Gasteiger partial charge in [-0.2, -0.15) is 0 Å². The first-order valence-corrected chi connectivity index (χ1v) is 15.7. The number of nitrogens with zero attached hydrogens (tertiary/aromatic N) is 2. The van der Waals surface area contributed by atoms with Gasteiger partial charge in [0.2, 0.25) is 0 Å². The molecule has 0 unspecified atom stereocenters. The van der Waals surface area contributed by atoms with Gasteiger partial charge >= 0.3 is 11.7 Å². The molecule has 6 heteroatoms. The molecule has 6 nitrogen and oxygen atoms in total. The summed E-state index contributed by atoms with van der Waals surface area (Å²) in [4.78, 5) is 40.1. The van der Waals surface area contributed by atoms with Crippen molar-refractivity contribution >= 4 is 12.0 Å². The summed E-state index contributed by atoms with van der Waals surface area (Å²) < 4.78 is 9.02. The summed E-state index contributed by atoms with van der Waals surface area (Å²) in [7, 11) is 0. The first-order valence-electron chi connectivity index (χ1n) is 15.7. The number of hydrogen-bond acceptors (Lipinski definition) is 4. The third-order valence-corrected chi connectivity index (χ3v) is 9.64. The van der Waals surface area contributed by atoms with Gasteiger partial charge in [0, 0.05) is 30.8 Å². The van der Waals surface area contributed by atoms with E-state index >= 15 is 0 Å².